The van der Waals surface area contributed by atoms with Crippen LogP contribution in [0.3, 0.4) is 0 Å². The van der Waals surface area contributed by atoms with Crippen molar-refractivity contribution in [2.24, 2.45) is 0 Å². The third-order valence-corrected chi connectivity index (χ3v) is 2.37. The highest BCUT2D eigenvalue weighted by atomic mass is 14.0. The van der Waals surface area contributed by atoms with Crippen molar-refractivity contribution in [1.82, 2.24) is 0 Å². The maximum atomic E-state index is 2.24. The van der Waals surface area contributed by atoms with Crippen LogP contribution in [0.15, 0.2) is 30.3 Å². The van der Waals surface area contributed by atoms with Gasteiger partial charge in [-0.15, -0.1) is 0 Å². The fraction of sp³-hybridized carbons (Fsp3) is 0.429. The number of hydrogen-bond donors (Lipinski definition) is 0. The zero-order chi connectivity index (χ0) is 10.4. The second kappa shape index (κ2) is 5.64. The van der Waals surface area contributed by atoms with Crippen LogP contribution in [-0.2, 0) is 0 Å². The molecule has 1 rings (SSSR count). The van der Waals surface area contributed by atoms with Gasteiger partial charge in [-0.1, -0.05) is 63.6 Å². The summed E-state index contributed by atoms with van der Waals surface area (Å²) in [5.41, 5.74) is 2.72. The summed E-state index contributed by atoms with van der Waals surface area (Å²) < 4.78 is 0. The molecule has 0 bridgehead atoms. The van der Waals surface area contributed by atoms with Crippen molar-refractivity contribution >= 4 is 6.08 Å². The summed E-state index contributed by atoms with van der Waals surface area (Å²) in [6.07, 6.45) is 6.84. The summed E-state index contributed by atoms with van der Waals surface area (Å²) in [5, 5.41) is 0. The van der Waals surface area contributed by atoms with E-state index in [0.717, 1.165) is 0 Å². The van der Waals surface area contributed by atoms with Crippen LogP contribution in [0, 0.1) is 0 Å². The van der Waals surface area contributed by atoms with Crippen LogP contribution in [-0.4, -0.2) is 0 Å². The van der Waals surface area contributed by atoms with Crippen molar-refractivity contribution in [3.8, 4) is 0 Å². The quantitative estimate of drug-likeness (QED) is 0.646. The van der Waals surface area contributed by atoms with Gasteiger partial charge in [0.05, 0.1) is 0 Å². The van der Waals surface area contributed by atoms with E-state index in [4.69, 9.17) is 0 Å². The molecule has 0 amide bonds. The first-order valence-corrected chi connectivity index (χ1v) is 5.50. The fourth-order valence-electron chi connectivity index (χ4n) is 1.38. The van der Waals surface area contributed by atoms with Crippen molar-refractivity contribution in [3.63, 3.8) is 0 Å². The van der Waals surface area contributed by atoms with Crippen LogP contribution in [0.25, 0.3) is 6.08 Å². The topological polar surface area (TPSA) is 0 Å². The molecule has 0 atom stereocenters. The lowest BCUT2D eigenvalue weighted by molar-refractivity contribution is 0.866. The van der Waals surface area contributed by atoms with Crippen molar-refractivity contribution < 1.29 is 0 Å². The Hall–Kier alpha value is -1.04. The number of hydrogen-bond acceptors (Lipinski definition) is 0. The minimum absolute atomic E-state index is 0.628. The minimum Gasteiger partial charge on any atom is -0.0840 e. The Morgan fingerprint density at radius 2 is 1.79 bits per heavy atom. The number of rotatable bonds is 4. The van der Waals surface area contributed by atoms with Gasteiger partial charge < -0.3 is 0 Å². The Labute approximate surface area is 87.7 Å². The van der Waals surface area contributed by atoms with Crippen molar-refractivity contribution in [2.45, 2.75) is 39.5 Å². The van der Waals surface area contributed by atoms with E-state index in [-0.39, 0.29) is 0 Å². The Kier molecular flexibility index (Phi) is 4.45. The first-order valence-electron chi connectivity index (χ1n) is 5.50. The average Bonchev–Trinajstić information content (AvgIpc) is 2.19. The molecular weight excluding hydrogens is 168 g/mol. The van der Waals surface area contributed by atoms with Gasteiger partial charge in [0.1, 0.15) is 0 Å². The van der Waals surface area contributed by atoms with E-state index in [1.807, 2.05) is 0 Å². The van der Waals surface area contributed by atoms with E-state index in [2.05, 4.69) is 57.2 Å². The average molecular weight is 188 g/mol. The van der Waals surface area contributed by atoms with E-state index in [1.54, 1.807) is 0 Å². The first-order chi connectivity index (χ1) is 6.74. The predicted molar refractivity (Wildman–Crippen MR) is 64.5 cm³/mol. The molecule has 14 heavy (non-hydrogen) atoms. The summed E-state index contributed by atoms with van der Waals surface area (Å²) >= 11 is 0. The van der Waals surface area contributed by atoms with E-state index in [1.165, 1.54) is 24.0 Å². The third-order valence-electron chi connectivity index (χ3n) is 2.37. The monoisotopic (exact) mass is 188 g/mol. The Bertz CT molecular complexity index is 277. The number of allylic oxidation sites excluding steroid dienone is 1. The highest BCUT2D eigenvalue weighted by Crippen LogP contribution is 2.15. The third kappa shape index (κ3) is 3.37. The molecule has 0 N–H and O–H groups in total. The lowest BCUT2D eigenvalue weighted by Crippen LogP contribution is -1.85. The molecule has 0 heterocycles. The van der Waals surface area contributed by atoms with Crippen molar-refractivity contribution in [3.05, 3.63) is 41.5 Å². The van der Waals surface area contributed by atoms with Gasteiger partial charge in [0.2, 0.25) is 0 Å². The van der Waals surface area contributed by atoms with Gasteiger partial charge in [-0.25, -0.2) is 0 Å². The molecule has 1 aromatic carbocycles. The number of benzene rings is 1. The molecule has 0 radical (unpaired) electrons. The van der Waals surface area contributed by atoms with Crippen molar-refractivity contribution in [1.29, 1.82) is 0 Å². The van der Waals surface area contributed by atoms with Gasteiger partial charge in [0.25, 0.3) is 0 Å². The zero-order valence-corrected chi connectivity index (χ0v) is 9.46. The molecule has 0 aromatic heterocycles. The summed E-state index contributed by atoms with van der Waals surface area (Å²) in [5.74, 6) is 0.628. The van der Waals surface area contributed by atoms with E-state index < -0.39 is 0 Å². The second-order valence-electron chi connectivity index (χ2n) is 4.01. The molecule has 0 saturated carbocycles. The molecule has 0 aliphatic rings. The minimum atomic E-state index is 0.628. The van der Waals surface area contributed by atoms with Gasteiger partial charge in [0, 0.05) is 0 Å². The van der Waals surface area contributed by atoms with Crippen LogP contribution in [0.1, 0.15) is 50.7 Å². The second-order valence-corrected chi connectivity index (χ2v) is 4.01. The van der Waals surface area contributed by atoms with E-state index in [0.29, 0.717) is 5.92 Å². The molecule has 0 fully saturated rings. The fourth-order valence-corrected chi connectivity index (χ4v) is 1.38. The van der Waals surface area contributed by atoms with Crippen molar-refractivity contribution in [2.75, 3.05) is 0 Å². The molecule has 0 heteroatoms. The first kappa shape index (κ1) is 11.0. The van der Waals surface area contributed by atoms with Crippen LogP contribution >= 0.6 is 0 Å². The van der Waals surface area contributed by atoms with Crippen LogP contribution in [0.5, 0.6) is 0 Å². The van der Waals surface area contributed by atoms with Crippen LogP contribution in [0.4, 0.5) is 0 Å². The van der Waals surface area contributed by atoms with Gasteiger partial charge >= 0.3 is 0 Å². The summed E-state index contributed by atoms with van der Waals surface area (Å²) in [4.78, 5) is 0. The Balaban J connectivity index is 2.64. The molecule has 0 saturated heterocycles. The van der Waals surface area contributed by atoms with Gasteiger partial charge in [0.15, 0.2) is 0 Å². The standard InChI is InChI=1S/C14H20/c1-4-5-6-7-13-8-10-14(11-9-13)12(2)3/h6-12H,4-5H2,1-3H3. The van der Waals surface area contributed by atoms with E-state index in [9.17, 15) is 0 Å². The van der Waals surface area contributed by atoms with Crippen LogP contribution in [0.2, 0.25) is 0 Å². The van der Waals surface area contributed by atoms with Gasteiger partial charge in [-0.05, 0) is 23.5 Å². The molecule has 76 valence electrons. The summed E-state index contributed by atoms with van der Waals surface area (Å²) in [7, 11) is 0. The molecular formula is C14H20. The maximum Gasteiger partial charge on any atom is -0.0219 e. The Morgan fingerprint density at radius 3 is 2.29 bits per heavy atom. The maximum absolute atomic E-state index is 2.24. The van der Waals surface area contributed by atoms with Gasteiger partial charge in [-0.2, -0.15) is 0 Å². The van der Waals surface area contributed by atoms with E-state index >= 15 is 0 Å². The predicted octanol–water partition coefficient (Wildman–Crippen LogP) is 4.62. The molecule has 1 aromatic rings. The SMILES string of the molecule is CCCC=Cc1ccc(C(C)C)cc1. The molecule has 0 unspecified atom stereocenters. The lowest BCUT2D eigenvalue weighted by Gasteiger charge is -2.04. The number of unbranched alkanes of at least 4 members (excludes halogenated alkanes) is 1. The zero-order valence-electron chi connectivity index (χ0n) is 9.46. The normalized spacial score (nSPS) is 11.4. The van der Waals surface area contributed by atoms with Gasteiger partial charge in [-0.3, -0.25) is 0 Å². The summed E-state index contributed by atoms with van der Waals surface area (Å²) in [6.45, 7) is 6.65. The van der Waals surface area contributed by atoms with Crippen LogP contribution < -0.4 is 0 Å². The highest BCUT2D eigenvalue weighted by molar-refractivity contribution is 5.49. The summed E-state index contributed by atoms with van der Waals surface area (Å²) in [6, 6.07) is 8.83. The molecule has 0 aliphatic heterocycles. The Morgan fingerprint density at radius 1 is 1.14 bits per heavy atom. The molecule has 0 spiro atoms. The smallest absolute Gasteiger partial charge is 0.0219 e. The molecule has 0 nitrogen and oxygen atoms in total. The highest BCUT2D eigenvalue weighted by Gasteiger charge is 1.96. The lowest BCUT2D eigenvalue weighted by atomic mass is 10.0. The molecule has 0 aliphatic carbocycles. The largest absolute Gasteiger partial charge is 0.0840 e.